The highest BCUT2D eigenvalue weighted by Crippen LogP contribution is 2.09. The second-order valence-electron chi connectivity index (χ2n) is 2.75. The predicted octanol–water partition coefficient (Wildman–Crippen LogP) is 0.674. The Labute approximate surface area is 77.5 Å². The SMILES string of the molecule is C#CCCC(=O)C1CSCCN1. The van der Waals surface area contributed by atoms with E-state index in [-0.39, 0.29) is 11.8 Å². The van der Waals surface area contributed by atoms with E-state index in [4.69, 9.17) is 6.42 Å². The summed E-state index contributed by atoms with van der Waals surface area (Å²) in [6.07, 6.45) is 6.17. The summed E-state index contributed by atoms with van der Waals surface area (Å²) in [6.45, 7) is 0.942. The average molecular weight is 183 g/mol. The normalized spacial score (nSPS) is 23.1. The van der Waals surface area contributed by atoms with Crippen LogP contribution in [0.3, 0.4) is 0 Å². The molecule has 1 aliphatic rings. The molecule has 0 bridgehead atoms. The first-order chi connectivity index (χ1) is 5.84. The average Bonchev–Trinajstić information content (AvgIpc) is 2.15. The third-order valence-electron chi connectivity index (χ3n) is 1.83. The molecule has 0 amide bonds. The highest BCUT2D eigenvalue weighted by Gasteiger charge is 2.19. The van der Waals surface area contributed by atoms with Crippen LogP contribution in [0.1, 0.15) is 12.8 Å². The maximum absolute atomic E-state index is 11.4. The topological polar surface area (TPSA) is 29.1 Å². The van der Waals surface area contributed by atoms with Crippen LogP contribution in [-0.4, -0.2) is 29.9 Å². The van der Waals surface area contributed by atoms with E-state index >= 15 is 0 Å². The number of hydrogen-bond acceptors (Lipinski definition) is 3. The van der Waals surface area contributed by atoms with Crippen LogP contribution in [0.2, 0.25) is 0 Å². The zero-order chi connectivity index (χ0) is 8.81. The molecule has 0 saturated carbocycles. The van der Waals surface area contributed by atoms with Crippen molar-refractivity contribution in [3.63, 3.8) is 0 Å². The van der Waals surface area contributed by atoms with Crippen molar-refractivity contribution in [1.29, 1.82) is 0 Å². The van der Waals surface area contributed by atoms with Crippen LogP contribution in [0.25, 0.3) is 0 Å². The van der Waals surface area contributed by atoms with E-state index in [0.717, 1.165) is 18.1 Å². The van der Waals surface area contributed by atoms with Crippen molar-refractivity contribution >= 4 is 17.5 Å². The molecule has 0 aliphatic carbocycles. The fourth-order valence-corrected chi connectivity index (χ4v) is 2.11. The highest BCUT2D eigenvalue weighted by atomic mass is 32.2. The number of nitrogens with one attached hydrogen (secondary N) is 1. The summed E-state index contributed by atoms with van der Waals surface area (Å²) in [4.78, 5) is 11.4. The van der Waals surface area contributed by atoms with Crippen molar-refractivity contribution in [2.75, 3.05) is 18.1 Å². The second kappa shape index (κ2) is 5.23. The Bertz CT molecular complexity index is 191. The minimum Gasteiger partial charge on any atom is -0.306 e. The number of hydrogen-bond donors (Lipinski definition) is 1. The Balaban J connectivity index is 2.26. The smallest absolute Gasteiger partial charge is 0.151 e. The van der Waals surface area contributed by atoms with Gasteiger partial charge in [-0.2, -0.15) is 11.8 Å². The number of carbonyl (C=O) groups is 1. The van der Waals surface area contributed by atoms with Crippen LogP contribution in [0.15, 0.2) is 0 Å². The Morgan fingerprint density at radius 2 is 2.58 bits per heavy atom. The minimum absolute atomic E-state index is 0.0529. The van der Waals surface area contributed by atoms with E-state index in [1.807, 2.05) is 11.8 Å². The van der Waals surface area contributed by atoms with Gasteiger partial charge in [0, 0.05) is 30.9 Å². The van der Waals surface area contributed by atoms with E-state index in [1.54, 1.807) is 0 Å². The van der Waals surface area contributed by atoms with Gasteiger partial charge in [-0.1, -0.05) is 0 Å². The first-order valence-corrected chi connectivity index (χ1v) is 5.27. The zero-order valence-electron chi connectivity index (χ0n) is 7.01. The number of ketones is 1. The summed E-state index contributed by atoms with van der Waals surface area (Å²) in [6, 6.07) is 0.0529. The molecule has 1 aliphatic heterocycles. The standard InChI is InChI=1S/C9H13NOS/c1-2-3-4-9(11)8-7-12-6-5-10-8/h1,8,10H,3-7H2. The number of carbonyl (C=O) groups excluding carboxylic acids is 1. The van der Waals surface area contributed by atoms with Crippen LogP contribution >= 0.6 is 11.8 Å². The molecule has 0 aromatic heterocycles. The fourth-order valence-electron chi connectivity index (χ4n) is 1.14. The molecule has 3 heteroatoms. The monoisotopic (exact) mass is 183 g/mol. The lowest BCUT2D eigenvalue weighted by Gasteiger charge is -2.21. The Morgan fingerprint density at radius 3 is 3.17 bits per heavy atom. The molecule has 66 valence electrons. The molecular weight excluding hydrogens is 170 g/mol. The molecule has 1 atom stereocenters. The summed E-state index contributed by atoms with van der Waals surface area (Å²) in [5, 5.41) is 3.19. The first kappa shape index (κ1) is 9.63. The van der Waals surface area contributed by atoms with E-state index in [0.29, 0.717) is 12.8 Å². The van der Waals surface area contributed by atoms with Crippen molar-refractivity contribution in [1.82, 2.24) is 5.32 Å². The molecule has 1 heterocycles. The van der Waals surface area contributed by atoms with Crippen molar-refractivity contribution in [2.24, 2.45) is 0 Å². The van der Waals surface area contributed by atoms with E-state index in [2.05, 4.69) is 11.2 Å². The van der Waals surface area contributed by atoms with Crippen molar-refractivity contribution < 1.29 is 4.79 Å². The van der Waals surface area contributed by atoms with Gasteiger partial charge in [-0.3, -0.25) is 4.79 Å². The summed E-state index contributed by atoms with van der Waals surface area (Å²) in [5.41, 5.74) is 0. The van der Waals surface area contributed by atoms with Gasteiger partial charge in [0.25, 0.3) is 0 Å². The maximum atomic E-state index is 11.4. The van der Waals surface area contributed by atoms with Gasteiger partial charge in [0.15, 0.2) is 5.78 Å². The number of rotatable bonds is 3. The van der Waals surface area contributed by atoms with Crippen LogP contribution in [0, 0.1) is 12.3 Å². The van der Waals surface area contributed by atoms with E-state index in [9.17, 15) is 4.79 Å². The predicted molar refractivity (Wildman–Crippen MR) is 52.2 cm³/mol. The fraction of sp³-hybridized carbons (Fsp3) is 0.667. The van der Waals surface area contributed by atoms with Gasteiger partial charge in [-0.15, -0.1) is 12.3 Å². The molecule has 1 rings (SSSR count). The molecule has 0 aromatic rings. The maximum Gasteiger partial charge on any atom is 0.151 e. The molecule has 0 aromatic carbocycles. The van der Waals surface area contributed by atoms with Gasteiger partial charge in [0.2, 0.25) is 0 Å². The molecule has 0 spiro atoms. The molecule has 12 heavy (non-hydrogen) atoms. The lowest BCUT2D eigenvalue weighted by molar-refractivity contribution is -0.120. The summed E-state index contributed by atoms with van der Waals surface area (Å²) in [7, 11) is 0. The van der Waals surface area contributed by atoms with Gasteiger partial charge in [0.05, 0.1) is 6.04 Å². The Kier molecular flexibility index (Phi) is 4.20. The largest absolute Gasteiger partial charge is 0.306 e. The quantitative estimate of drug-likeness (QED) is 0.652. The summed E-state index contributed by atoms with van der Waals surface area (Å²) in [5.74, 6) is 4.76. The van der Waals surface area contributed by atoms with Gasteiger partial charge in [0.1, 0.15) is 0 Å². The highest BCUT2D eigenvalue weighted by molar-refractivity contribution is 7.99. The molecular formula is C9H13NOS. The lowest BCUT2D eigenvalue weighted by atomic mass is 10.1. The molecule has 1 fully saturated rings. The first-order valence-electron chi connectivity index (χ1n) is 4.12. The van der Waals surface area contributed by atoms with Crippen molar-refractivity contribution in [3.8, 4) is 12.3 Å². The number of thioether (sulfide) groups is 1. The molecule has 1 saturated heterocycles. The summed E-state index contributed by atoms with van der Waals surface area (Å²) >= 11 is 1.83. The second-order valence-corrected chi connectivity index (χ2v) is 3.90. The zero-order valence-corrected chi connectivity index (χ0v) is 7.82. The number of Topliss-reactive ketones (excluding diaryl/α,β-unsaturated/α-hetero) is 1. The van der Waals surface area contributed by atoms with Crippen molar-refractivity contribution in [2.45, 2.75) is 18.9 Å². The van der Waals surface area contributed by atoms with Gasteiger partial charge in [-0.05, 0) is 0 Å². The van der Waals surface area contributed by atoms with Crippen LogP contribution < -0.4 is 5.32 Å². The van der Waals surface area contributed by atoms with Gasteiger partial charge < -0.3 is 5.32 Å². The van der Waals surface area contributed by atoms with Crippen LogP contribution in [0.4, 0.5) is 0 Å². The van der Waals surface area contributed by atoms with E-state index < -0.39 is 0 Å². The molecule has 2 nitrogen and oxygen atoms in total. The van der Waals surface area contributed by atoms with E-state index in [1.165, 1.54) is 0 Å². The van der Waals surface area contributed by atoms with Gasteiger partial charge >= 0.3 is 0 Å². The number of terminal acetylenes is 1. The molecule has 0 radical (unpaired) electrons. The van der Waals surface area contributed by atoms with Crippen LogP contribution in [0.5, 0.6) is 0 Å². The van der Waals surface area contributed by atoms with Crippen molar-refractivity contribution in [3.05, 3.63) is 0 Å². The Hall–Kier alpha value is -0.460. The lowest BCUT2D eigenvalue weighted by Crippen LogP contribution is -2.43. The summed E-state index contributed by atoms with van der Waals surface area (Å²) < 4.78 is 0. The molecule has 1 N–H and O–H groups in total. The minimum atomic E-state index is 0.0529. The van der Waals surface area contributed by atoms with Gasteiger partial charge in [-0.25, -0.2) is 0 Å². The van der Waals surface area contributed by atoms with Crippen LogP contribution in [-0.2, 0) is 4.79 Å². The Morgan fingerprint density at radius 1 is 1.75 bits per heavy atom. The third-order valence-corrected chi connectivity index (χ3v) is 2.89. The third kappa shape index (κ3) is 2.88. The molecule has 1 unspecified atom stereocenters.